The molecule has 4 nitrogen and oxygen atoms in total. The van der Waals surface area contributed by atoms with Gasteiger partial charge in [-0.15, -0.1) is 5.10 Å². The molecule has 0 saturated carbocycles. The summed E-state index contributed by atoms with van der Waals surface area (Å²) in [7, 11) is 1.50. The van der Waals surface area contributed by atoms with Crippen LogP contribution in [0.1, 0.15) is 5.56 Å². The average Bonchev–Trinajstić information content (AvgIpc) is 3.03. The first-order valence-electron chi connectivity index (χ1n) is 6.93. The van der Waals surface area contributed by atoms with Crippen LogP contribution in [0.5, 0.6) is 11.6 Å². The molecule has 0 saturated heterocycles. The summed E-state index contributed by atoms with van der Waals surface area (Å²) in [5.41, 5.74) is 1.51. The van der Waals surface area contributed by atoms with Crippen molar-refractivity contribution in [3.05, 3.63) is 65.7 Å². The van der Waals surface area contributed by atoms with E-state index in [1.54, 1.807) is 24.3 Å². The highest BCUT2D eigenvalue weighted by Gasteiger charge is 2.11. The lowest BCUT2D eigenvalue weighted by molar-refractivity contribution is 0.287. The van der Waals surface area contributed by atoms with E-state index in [4.69, 9.17) is 9.47 Å². The van der Waals surface area contributed by atoms with Gasteiger partial charge < -0.3 is 9.47 Å². The molecule has 0 unspecified atom stereocenters. The summed E-state index contributed by atoms with van der Waals surface area (Å²) in [4.78, 5) is 0. The number of nitrogens with zero attached hydrogens (tertiary/aromatic N) is 1. The van der Waals surface area contributed by atoms with Crippen LogP contribution in [-0.2, 0) is 6.61 Å². The van der Waals surface area contributed by atoms with Crippen LogP contribution in [0, 0.1) is 11.6 Å². The maximum Gasteiger partial charge on any atom is 0.233 e. The molecule has 1 heterocycles. The van der Waals surface area contributed by atoms with Crippen molar-refractivity contribution in [2.45, 2.75) is 6.61 Å². The molecule has 23 heavy (non-hydrogen) atoms. The first-order valence-corrected chi connectivity index (χ1v) is 6.93. The van der Waals surface area contributed by atoms with Crippen LogP contribution < -0.4 is 9.47 Å². The Morgan fingerprint density at radius 3 is 2.70 bits per heavy atom. The maximum atomic E-state index is 13.5. The number of aromatic nitrogens is 2. The molecular formula is C17H14F2N2O2. The van der Waals surface area contributed by atoms with Crippen LogP contribution in [-0.4, -0.2) is 17.3 Å². The van der Waals surface area contributed by atoms with Gasteiger partial charge in [0.1, 0.15) is 24.0 Å². The third-order valence-corrected chi connectivity index (χ3v) is 3.34. The summed E-state index contributed by atoms with van der Waals surface area (Å²) in [5, 5.41) is 6.75. The normalized spacial score (nSPS) is 10.6. The molecule has 0 spiro atoms. The first-order chi connectivity index (χ1) is 11.2. The van der Waals surface area contributed by atoms with Gasteiger partial charge >= 0.3 is 0 Å². The standard InChI is InChI=1S/C17H14F2N2O2/c1-22-16-7-6-12(18)8-13(16)15-9-17(21-20-15)23-10-11-4-2-3-5-14(11)19/h2-9H,10H2,1H3,(H,20,21). The molecule has 0 atom stereocenters. The van der Waals surface area contributed by atoms with Gasteiger partial charge in [0.15, 0.2) is 0 Å². The molecule has 3 rings (SSSR count). The molecule has 0 aliphatic rings. The van der Waals surface area contributed by atoms with E-state index in [1.165, 1.54) is 31.4 Å². The molecule has 0 amide bonds. The van der Waals surface area contributed by atoms with Crippen molar-refractivity contribution in [1.82, 2.24) is 10.2 Å². The van der Waals surface area contributed by atoms with Crippen molar-refractivity contribution in [2.75, 3.05) is 7.11 Å². The zero-order valence-corrected chi connectivity index (χ0v) is 12.3. The minimum atomic E-state index is -0.385. The van der Waals surface area contributed by atoms with Gasteiger partial charge in [-0.05, 0) is 24.3 Å². The second-order valence-corrected chi connectivity index (χ2v) is 4.84. The second-order valence-electron chi connectivity index (χ2n) is 4.84. The molecule has 0 bridgehead atoms. The van der Waals surface area contributed by atoms with Crippen LogP contribution in [0.15, 0.2) is 48.5 Å². The Bertz CT molecular complexity index is 818. The van der Waals surface area contributed by atoms with Crippen molar-refractivity contribution < 1.29 is 18.3 Å². The summed E-state index contributed by atoms with van der Waals surface area (Å²) in [5.74, 6) is 0.0737. The van der Waals surface area contributed by atoms with Gasteiger partial charge in [-0.25, -0.2) is 8.78 Å². The number of halogens is 2. The Morgan fingerprint density at radius 2 is 1.91 bits per heavy atom. The fourth-order valence-electron chi connectivity index (χ4n) is 2.17. The van der Waals surface area contributed by atoms with E-state index < -0.39 is 0 Å². The smallest absolute Gasteiger partial charge is 0.233 e. The molecule has 0 aliphatic carbocycles. The van der Waals surface area contributed by atoms with Crippen molar-refractivity contribution in [1.29, 1.82) is 0 Å². The Kier molecular flexibility index (Phi) is 4.23. The summed E-state index contributed by atoms with van der Waals surface area (Å²) in [6.07, 6.45) is 0. The van der Waals surface area contributed by atoms with Crippen LogP contribution in [0.2, 0.25) is 0 Å². The molecule has 1 aromatic heterocycles. The van der Waals surface area contributed by atoms with Gasteiger partial charge in [-0.1, -0.05) is 18.2 Å². The van der Waals surface area contributed by atoms with Crippen LogP contribution in [0.3, 0.4) is 0 Å². The van der Waals surface area contributed by atoms with Gasteiger partial charge in [0.2, 0.25) is 5.88 Å². The summed E-state index contributed by atoms with van der Waals surface area (Å²) >= 11 is 0. The Hall–Kier alpha value is -2.89. The molecule has 6 heteroatoms. The first kappa shape index (κ1) is 15.0. The number of hydrogen-bond acceptors (Lipinski definition) is 3. The zero-order chi connectivity index (χ0) is 16.2. The lowest BCUT2D eigenvalue weighted by Crippen LogP contribution is -1.98. The van der Waals surface area contributed by atoms with Gasteiger partial charge in [-0.2, -0.15) is 0 Å². The highest BCUT2D eigenvalue weighted by molar-refractivity contribution is 5.67. The third kappa shape index (κ3) is 3.31. The van der Waals surface area contributed by atoms with E-state index in [9.17, 15) is 8.78 Å². The number of aromatic amines is 1. The number of rotatable bonds is 5. The molecule has 3 aromatic rings. The third-order valence-electron chi connectivity index (χ3n) is 3.34. The maximum absolute atomic E-state index is 13.5. The molecular weight excluding hydrogens is 302 g/mol. The lowest BCUT2D eigenvalue weighted by Gasteiger charge is -2.06. The Balaban J connectivity index is 1.79. The van der Waals surface area contributed by atoms with Crippen molar-refractivity contribution in [3.63, 3.8) is 0 Å². The fourth-order valence-corrected chi connectivity index (χ4v) is 2.17. The monoisotopic (exact) mass is 316 g/mol. The number of benzene rings is 2. The van der Waals surface area contributed by atoms with E-state index in [-0.39, 0.29) is 24.1 Å². The van der Waals surface area contributed by atoms with E-state index in [0.29, 0.717) is 22.6 Å². The van der Waals surface area contributed by atoms with Gasteiger partial charge in [0.25, 0.3) is 0 Å². The number of H-pyrrole nitrogens is 1. The van der Waals surface area contributed by atoms with E-state index in [2.05, 4.69) is 10.2 Å². The highest BCUT2D eigenvalue weighted by atomic mass is 19.1. The fraction of sp³-hybridized carbons (Fsp3) is 0.118. The summed E-state index contributed by atoms with van der Waals surface area (Å²) in [6, 6.07) is 12.1. The van der Waals surface area contributed by atoms with Gasteiger partial charge in [0.05, 0.1) is 12.8 Å². The van der Waals surface area contributed by atoms with Gasteiger partial charge in [0, 0.05) is 17.2 Å². The second kappa shape index (κ2) is 6.48. The Labute approximate surface area is 131 Å². The predicted octanol–water partition coefficient (Wildman–Crippen LogP) is 3.94. The summed E-state index contributed by atoms with van der Waals surface area (Å²) in [6.45, 7) is 0.0528. The molecule has 0 fully saturated rings. The summed E-state index contributed by atoms with van der Waals surface area (Å²) < 4.78 is 37.6. The molecule has 118 valence electrons. The molecule has 2 aromatic carbocycles. The number of hydrogen-bond donors (Lipinski definition) is 1. The van der Waals surface area contributed by atoms with Crippen LogP contribution in [0.25, 0.3) is 11.3 Å². The van der Waals surface area contributed by atoms with Crippen molar-refractivity contribution >= 4 is 0 Å². The number of nitrogens with one attached hydrogen (secondary N) is 1. The van der Waals surface area contributed by atoms with Crippen LogP contribution >= 0.6 is 0 Å². The quantitative estimate of drug-likeness (QED) is 0.775. The average molecular weight is 316 g/mol. The minimum Gasteiger partial charge on any atom is -0.496 e. The van der Waals surface area contributed by atoms with E-state index in [0.717, 1.165) is 0 Å². The largest absolute Gasteiger partial charge is 0.496 e. The van der Waals surface area contributed by atoms with Crippen LogP contribution in [0.4, 0.5) is 8.78 Å². The van der Waals surface area contributed by atoms with E-state index in [1.807, 2.05) is 0 Å². The highest BCUT2D eigenvalue weighted by Crippen LogP contribution is 2.31. The Morgan fingerprint density at radius 1 is 1.09 bits per heavy atom. The minimum absolute atomic E-state index is 0.0528. The number of methoxy groups -OCH3 is 1. The van der Waals surface area contributed by atoms with Crippen molar-refractivity contribution in [3.8, 4) is 22.9 Å². The lowest BCUT2D eigenvalue weighted by atomic mass is 10.1. The van der Waals surface area contributed by atoms with Gasteiger partial charge in [-0.3, -0.25) is 5.10 Å². The molecule has 0 aliphatic heterocycles. The SMILES string of the molecule is COc1ccc(F)cc1-c1cc(OCc2ccccc2F)n[nH]1. The number of ether oxygens (including phenoxy) is 2. The molecule has 0 radical (unpaired) electrons. The molecule has 1 N–H and O–H groups in total. The van der Waals surface area contributed by atoms with Crippen molar-refractivity contribution in [2.24, 2.45) is 0 Å². The topological polar surface area (TPSA) is 47.1 Å². The zero-order valence-electron chi connectivity index (χ0n) is 12.3. The van der Waals surface area contributed by atoms with E-state index >= 15 is 0 Å². The predicted molar refractivity (Wildman–Crippen MR) is 81.3 cm³/mol.